The van der Waals surface area contributed by atoms with Crippen LogP contribution in [0, 0.1) is 0 Å². The number of nitrogens with zero attached hydrogens (tertiary/aromatic N) is 2. The number of aromatic nitrogens is 1. The number of halogens is 6. The zero-order chi connectivity index (χ0) is 23.0. The Bertz CT molecular complexity index is 1250. The van der Waals surface area contributed by atoms with Crippen molar-refractivity contribution in [2.45, 2.75) is 12.4 Å². The molecule has 2 aromatic carbocycles. The van der Waals surface area contributed by atoms with E-state index in [1.165, 1.54) is 35.8 Å². The summed E-state index contributed by atoms with van der Waals surface area (Å²) >= 11 is 0. The summed E-state index contributed by atoms with van der Waals surface area (Å²) in [6.07, 6.45) is -9.50. The van der Waals surface area contributed by atoms with Gasteiger partial charge in [-0.05, 0) is 18.2 Å². The number of rotatable bonds is 3. The van der Waals surface area contributed by atoms with Gasteiger partial charge in [0, 0.05) is 10.8 Å². The van der Waals surface area contributed by atoms with E-state index in [0.29, 0.717) is 16.8 Å². The molecular weight excluding hydrogens is 432 g/mol. The highest BCUT2D eigenvalue weighted by Gasteiger charge is 2.38. The average molecular weight is 443 g/mol. The Morgan fingerprint density at radius 3 is 2.16 bits per heavy atom. The van der Waals surface area contributed by atoms with Crippen molar-refractivity contribution >= 4 is 22.9 Å². The third-order valence-electron chi connectivity index (χ3n) is 4.17. The van der Waals surface area contributed by atoms with Crippen LogP contribution in [0.4, 0.5) is 26.3 Å². The largest absolute Gasteiger partial charge is 0.494 e. The van der Waals surface area contributed by atoms with Gasteiger partial charge in [-0.25, -0.2) is 9.99 Å². The molecule has 0 saturated heterocycles. The molecule has 0 unspecified atom stereocenters. The minimum absolute atomic E-state index is 0.00394. The van der Waals surface area contributed by atoms with E-state index in [1.54, 1.807) is 0 Å². The Morgan fingerprint density at radius 1 is 0.968 bits per heavy atom. The van der Waals surface area contributed by atoms with E-state index in [-0.39, 0.29) is 16.3 Å². The van der Waals surface area contributed by atoms with Gasteiger partial charge >= 0.3 is 18.3 Å². The highest BCUT2D eigenvalue weighted by Crippen LogP contribution is 2.35. The zero-order valence-electron chi connectivity index (χ0n) is 15.1. The molecule has 31 heavy (non-hydrogen) atoms. The standard InChI is InChI=1S/C19H11F6N3O3/c20-18(21,22)13-7-3-4-8-14(13)28-15(29)11-6-2-1-5-10(11)12(16(28)30)9-26-27-17(31)19(23,24)25/h1-9,30H,(H,27,31)/b26-9+. The number of pyridine rings is 1. The van der Waals surface area contributed by atoms with Gasteiger partial charge in [0.15, 0.2) is 0 Å². The molecular formula is C19H11F6N3O3. The molecule has 3 rings (SSSR count). The molecule has 0 saturated carbocycles. The van der Waals surface area contributed by atoms with E-state index in [2.05, 4.69) is 5.10 Å². The van der Waals surface area contributed by atoms with E-state index in [9.17, 15) is 41.0 Å². The topological polar surface area (TPSA) is 83.7 Å². The molecule has 1 amide bonds. The first-order valence-electron chi connectivity index (χ1n) is 8.36. The maximum Gasteiger partial charge on any atom is 0.473 e. The fourth-order valence-electron chi connectivity index (χ4n) is 2.84. The number of amides is 1. The number of carbonyl (C=O) groups excluding carboxylic acids is 1. The molecule has 0 aliphatic heterocycles. The monoisotopic (exact) mass is 443 g/mol. The Labute approximate surface area is 169 Å². The fraction of sp³-hybridized carbons (Fsp3) is 0.105. The summed E-state index contributed by atoms with van der Waals surface area (Å²) in [6.45, 7) is 0. The summed E-state index contributed by atoms with van der Waals surface area (Å²) < 4.78 is 77.6. The number of fused-ring (bicyclic) bond motifs is 1. The van der Waals surface area contributed by atoms with Crippen LogP contribution in [0.15, 0.2) is 58.4 Å². The molecule has 0 aliphatic carbocycles. The van der Waals surface area contributed by atoms with Crippen molar-refractivity contribution in [2.24, 2.45) is 5.10 Å². The second-order valence-corrected chi connectivity index (χ2v) is 6.14. The molecule has 12 heteroatoms. The van der Waals surface area contributed by atoms with Crippen molar-refractivity contribution in [1.82, 2.24) is 9.99 Å². The lowest BCUT2D eigenvalue weighted by Gasteiger charge is -2.18. The Morgan fingerprint density at radius 2 is 1.55 bits per heavy atom. The van der Waals surface area contributed by atoms with E-state index >= 15 is 0 Å². The molecule has 6 nitrogen and oxygen atoms in total. The van der Waals surface area contributed by atoms with E-state index < -0.39 is 40.9 Å². The molecule has 0 radical (unpaired) electrons. The smallest absolute Gasteiger partial charge is 0.473 e. The van der Waals surface area contributed by atoms with Crippen LogP contribution in [-0.2, 0) is 11.0 Å². The maximum atomic E-state index is 13.4. The number of aromatic hydroxyl groups is 1. The second-order valence-electron chi connectivity index (χ2n) is 6.14. The molecule has 2 N–H and O–H groups in total. The van der Waals surface area contributed by atoms with Crippen molar-refractivity contribution < 1.29 is 36.2 Å². The number of benzene rings is 2. The number of carbonyl (C=O) groups is 1. The van der Waals surface area contributed by atoms with Gasteiger partial charge in [0.05, 0.1) is 23.0 Å². The van der Waals surface area contributed by atoms with Crippen molar-refractivity contribution in [3.05, 3.63) is 70.0 Å². The summed E-state index contributed by atoms with van der Waals surface area (Å²) in [5.41, 5.74) is -2.10. The third-order valence-corrected chi connectivity index (χ3v) is 4.17. The quantitative estimate of drug-likeness (QED) is 0.368. The van der Waals surface area contributed by atoms with Crippen LogP contribution >= 0.6 is 0 Å². The highest BCUT2D eigenvalue weighted by molar-refractivity contribution is 6.02. The predicted octanol–water partition coefficient (Wildman–Crippen LogP) is 3.73. The zero-order valence-corrected chi connectivity index (χ0v) is 15.1. The van der Waals surface area contributed by atoms with Gasteiger partial charge in [-0.15, -0.1) is 0 Å². The molecule has 0 bridgehead atoms. The molecule has 0 fully saturated rings. The number of hydrazone groups is 1. The lowest BCUT2D eigenvalue weighted by molar-refractivity contribution is -0.173. The minimum Gasteiger partial charge on any atom is -0.494 e. The first-order chi connectivity index (χ1) is 14.4. The second kappa shape index (κ2) is 7.78. The first-order valence-corrected chi connectivity index (χ1v) is 8.36. The molecule has 1 aromatic heterocycles. The van der Waals surface area contributed by atoms with Gasteiger partial charge in [-0.1, -0.05) is 30.3 Å². The number of nitrogens with one attached hydrogen (secondary N) is 1. The van der Waals surface area contributed by atoms with Gasteiger partial charge in [-0.2, -0.15) is 31.4 Å². The van der Waals surface area contributed by atoms with Crippen LogP contribution in [0.1, 0.15) is 11.1 Å². The number of alkyl halides is 6. The van der Waals surface area contributed by atoms with E-state index in [1.807, 2.05) is 0 Å². The number of hydrogen-bond acceptors (Lipinski definition) is 4. The Hall–Kier alpha value is -3.83. The fourth-order valence-corrected chi connectivity index (χ4v) is 2.84. The summed E-state index contributed by atoms with van der Waals surface area (Å²) in [7, 11) is 0. The van der Waals surface area contributed by atoms with Crippen LogP contribution in [0.3, 0.4) is 0 Å². The van der Waals surface area contributed by atoms with Gasteiger partial charge in [0.2, 0.25) is 5.88 Å². The van der Waals surface area contributed by atoms with Crippen molar-refractivity contribution in [1.29, 1.82) is 0 Å². The average Bonchev–Trinajstić information content (AvgIpc) is 2.69. The summed E-state index contributed by atoms with van der Waals surface area (Å²) in [6, 6.07) is 9.36. The Kier molecular flexibility index (Phi) is 5.49. The van der Waals surface area contributed by atoms with Crippen molar-refractivity contribution in [2.75, 3.05) is 0 Å². The highest BCUT2D eigenvalue weighted by atomic mass is 19.4. The maximum absolute atomic E-state index is 13.4. The summed E-state index contributed by atoms with van der Waals surface area (Å²) in [4.78, 5) is 23.8. The SMILES string of the molecule is O=C(N/N=C/c1c(O)n(-c2ccccc2C(F)(F)F)c(=O)c2ccccc12)C(F)(F)F. The van der Waals surface area contributed by atoms with Crippen molar-refractivity contribution in [3.8, 4) is 11.6 Å². The normalized spacial score (nSPS) is 12.5. The van der Waals surface area contributed by atoms with Gasteiger partial charge in [0.1, 0.15) is 0 Å². The van der Waals surface area contributed by atoms with Crippen LogP contribution in [0.2, 0.25) is 0 Å². The van der Waals surface area contributed by atoms with E-state index in [4.69, 9.17) is 0 Å². The summed E-state index contributed by atoms with van der Waals surface area (Å²) in [5.74, 6) is -3.41. The molecule has 0 aliphatic rings. The molecule has 162 valence electrons. The number of hydrogen-bond donors (Lipinski definition) is 2. The van der Waals surface area contributed by atoms with Crippen LogP contribution < -0.4 is 11.0 Å². The number of para-hydroxylation sites is 1. The van der Waals surface area contributed by atoms with Gasteiger partial charge in [0.25, 0.3) is 5.56 Å². The van der Waals surface area contributed by atoms with Crippen LogP contribution in [0.25, 0.3) is 16.5 Å². The molecule has 1 heterocycles. The van der Waals surface area contributed by atoms with Crippen molar-refractivity contribution in [3.63, 3.8) is 0 Å². The van der Waals surface area contributed by atoms with Gasteiger partial charge < -0.3 is 5.11 Å². The molecule has 0 spiro atoms. The predicted molar refractivity (Wildman–Crippen MR) is 98.0 cm³/mol. The molecule has 0 atom stereocenters. The first kappa shape index (κ1) is 21.9. The third kappa shape index (κ3) is 4.22. The van der Waals surface area contributed by atoms with E-state index in [0.717, 1.165) is 12.1 Å². The van der Waals surface area contributed by atoms with Crippen LogP contribution in [-0.4, -0.2) is 28.0 Å². The lowest BCUT2D eigenvalue weighted by Crippen LogP contribution is -2.33. The van der Waals surface area contributed by atoms with Gasteiger partial charge in [-0.3, -0.25) is 9.59 Å². The van der Waals surface area contributed by atoms with Crippen LogP contribution in [0.5, 0.6) is 5.88 Å². The molecule has 3 aromatic rings. The summed E-state index contributed by atoms with van der Waals surface area (Å²) in [5, 5.41) is 13.6. The minimum atomic E-state index is -5.23. The Balaban J connectivity index is 2.27. The lowest BCUT2D eigenvalue weighted by atomic mass is 10.1.